The van der Waals surface area contributed by atoms with Gasteiger partial charge in [-0.2, -0.15) is 0 Å². The van der Waals surface area contributed by atoms with Crippen LogP contribution < -0.4 is 10.5 Å². The van der Waals surface area contributed by atoms with Crippen molar-refractivity contribution in [1.82, 2.24) is 9.55 Å². The van der Waals surface area contributed by atoms with E-state index in [0.29, 0.717) is 6.54 Å². The monoisotopic (exact) mass is 273 g/mol. The van der Waals surface area contributed by atoms with E-state index in [-0.39, 0.29) is 0 Å². The molecule has 0 saturated carbocycles. The summed E-state index contributed by atoms with van der Waals surface area (Å²) < 4.78 is 7.32. The number of rotatable bonds is 3. The average Bonchev–Trinajstić information content (AvgIpc) is 3.03. The Morgan fingerprint density at radius 2 is 2.21 bits per heavy atom. The molecule has 0 atom stereocenters. The predicted octanol–water partition coefficient (Wildman–Crippen LogP) is 2.77. The second kappa shape index (κ2) is 4.68. The second-order valence-corrected chi connectivity index (χ2v) is 5.28. The molecule has 0 fully saturated rings. The Kier molecular flexibility index (Phi) is 3.00. The van der Waals surface area contributed by atoms with E-state index in [9.17, 15) is 0 Å². The minimum atomic E-state index is 0.536. The molecular weight excluding hydrogens is 258 g/mol. The van der Waals surface area contributed by atoms with Crippen LogP contribution in [0.4, 0.5) is 0 Å². The molecule has 2 heterocycles. The molecule has 0 radical (unpaired) electrons. The van der Waals surface area contributed by atoms with Crippen molar-refractivity contribution in [3.05, 3.63) is 35.2 Å². The van der Waals surface area contributed by atoms with Gasteiger partial charge in [-0.15, -0.1) is 11.3 Å². The number of thiophene rings is 1. The maximum Gasteiger partial charge on any atom is 0.151 e. The summed E-state index contributed by atoms with van der Waals surface area (Å²) in [6, 6.07) is 8.17. The molecule has 1 aromatic carbocycles. The normalized spacial score (nSPS) is 11.1. The molecular formula is C14H15N3OS. The Bertz CT molecular complexity index is 729. The van der Waals surface area contributed by atoms with Gasteiger partial charge in [0.1, 0.15) is 5.75 Å². The fourth-order valence-electron chi connectivity index (χ4n) is 2.14. The van der Waals surface area contributed by atoms with Gasteiger partial charge in [0.2, 0.25) is 0 Å². The lowest BCUT2D eigenvalue weighted by atomic mass is 10.2. The van der Waals surface area contributed by atoms with Crippen molar-refractivity contribution < 1.29 is 4.74 Å². The molecule has 98 valence electrons. The molecule has 19 heavy (non-hydrogen) atoms. The van der Waals surface area contributed by atoms with Crippen molar-refractivity contribution in [2.24, 2.45) is 12.8 Å². The Labute approximate surface area is 115 Å². The zero-order chi connectivity index (χ0) is 13.4. The van der Waals surface area contributed by atoms with Crippen LogP contribution in [0.25, 0.3) is 21.7 Å². The van der Waals surface area contributed by atoms with Gasteiger partial charge in [0, 0.05) is 25.0 Å². The van der Waals surface area contributed by atoms with E-state index in [1.54, 1.807) is 18.4 Å². The summed E-state index contributed by atoms with van der Waals surface area (Å²) in [6.45, 7) is 0.536. The summed E-state index contributed by atoms with van der Waals surface area (Å²) in [5.41, 5.74) is 8.86. The van der Waals surface area contributed by atoms with E-state index in [1.807, 2.05) is 30.6 Å². The third-order valence-electron chi connectivity index (χ3n) is 3.21. The molecule has 3 aromatic rings. The van der Waals surface area contributed by atoms with Gasteiger partial charge in [0.05, 0.1) is 23.0 Å². The van der Waals surface area contributed by atoms with Gasteiger partial charge in [0.25, 0.3) is 0 Å². The highest BCUT2D eigenvalue weighted by Gasteiger charge is 2.12. The average molecular weight is 273 g/mol. The number of hydrogen-bond donors (Lipinski definition) is 1. The Hall–Kier alpha value is -1.85. The summed E-state index contributed by atoms with van der Waals surface area (Å²) in [4.78, 5) is 5.80. The molecule has 0 aliphatic carbocycles. The van der Waals surface area contributed by atoms with Crippen LogP contribution in [0.3, 0.4) is 0 Å². The number of imidazole rings is 1. The smallest absolute Gasteiger partial charge is 0.151 e. The first-order valence-electron chi connectivity index (χ1n) is 6.01. The SMILES string of the molecule is COc1csc(-c2nc3cc(CN)ccc3n2C)c1. The molecule has 0 spiro atoms. The third kappa shape index (κ3) is 2.01. The van der Waals surface area contributed by atoms with Crippen LogP contribution in [0.2, 0.25) is 0 Å². The number of aromatic nitrogens is 2. The Morgan fingerprint density at radius 3 is 2.89 bits per heavy atom. The molecule has 0 saturated heterocycles. The van der Waals surface area contributed by atoms with Crippen molar-refractivity contribution in [3.8, 4) is 16.5 Å². The van der Waals surface area contributed by atoms with Gasteiger partial charge in [0.15, 0.2) is 5.82 Å². The van der Waals surface area contributed by atoms with Crippen molar-refractivity contribution in [2.45, 2.75) is 6.54 Å². The van der Waals surface area contributed by atoms with Gasteiger partial charge in [-0.3, -0.25) is 0 Å². The number of hydrogen-bond acceptors (Lipinski definition) is 4. The number of fused-ring (bicyclic) bond motifs is 1. The highest BCUT2D eigenvalue weighted by atomic mass is 32.1. The molecule has 0 unspecified atom stereocenters. The minimum Gasteiger partial charge on any atom is -0.496 e. The van der Waals surface area contributed by atoms with Gasteiger partial charge in [-0.25, -0.2) is 4.98 Å². The molecule has 4 nitrogen and oxygen atoms in total. The highest BCUT2D eigenvalue weighted by Crippen LogP contribution is 2.32. The zero-order valence-electron chi connectivity index (χ0n) is 10.9. The zero-order valence-corrected chi connectivity index (χ0v) is 11.7. The van der Waals surface area contributed by atoms with E-state index < -0.39 is 0 Å². The molecule has 5 heteroatoms. The van der Waals surface area contributed by atoms with E-state index in [0.717, 1.165) is 33.0 Å². The summed E-state index contributed by atoms with van der Waals surface area (Å²) in [6.07, 6.45) is 0. The van der Waals surface area contributed by atoms with Gasteiger partial charge < -0.3 is 15.0 Å². The molecule has 0 bridgehead atoms. The molecule has 0 amide bonds. The predicted molar refractivity (Wildman–Crippen MR) is 78.5 cm³/mol. The molecule has 0 aliphatic heterocycles. The number of nitrogens with two attached hydrogens (primary N) is 1. The van der Waals surface area contributed by atoms with E-state index in [2.05, 4.69) is 10.6 Å². The van der Waals surface area contributed by atoms with E-state index in [4.69, 9.17) is 15.5 Å². The Morgan fingerprint density at radius 1 is 1.37 bits per heavy atom. The van der Waals surface area contributed by atoms with Crippen LogP contribution in [0.15, 0.2) is 29.6 Å². The summed E-state index contributed by atoms with van der Waals surface area (Å²) in [7, 11) is 3.70. The number of benzene rings is 1. The third-order valence-corrected chi connectivity index (χ3v) is 4.12. The topological polar surface area (TPSA) is 53.1 Å². The molecule has 3 rings (SSSR count). The van der Waals surface area contributed by atoms with Crippen molar-refractivity contribution in [2.75, 3.05) is 7.11 Å². The fourth-order valence-corrected chi connectivity index (χ4v) is 3.02. The van der Waals surface area contributed by atoms with Crippen LogP contribution in [0.5, 0.6) is 5.75 Å². The quantitative estimate of drug-likeness (QED) is 0.798. The number of methoxy groups -OCH3 is 1. The lowest BCUT2D eigenvalue weighted by Gasteiger charge is -1.99. The molecule has 2 aromatic heterocycles. The van der Waals surface area contributed by atoms with Crippen LogP contribution in [-0.2, 0) is 13.6 Å². The summed E-state index contributed by atoms with van der Waals surface area (Å²) >= 11 is 1.63. The van der Waals surface area contributed by atoms with E-state index >= 15 is 0 Å². The molecule has 2 N–H and O–H groups in total. The van der Waals surface area contributed by atoms with Crippen LogP contribution in [0.1, 0.15) is 5.56 Å². The maximum atomic E-state index is 5.67. The standard InChI is InChI=1S/C14H15N3OS/c1-17-12-4-3-9(7-15)5-11(12)16-14(17)13-6-10(18-2)8-19-13/h3-6,8H,7,15H2,1-2H3. The van der Waals surface area contributed by atoms with Crippen molar-refractivity contribution in [1.29, 1.82) is 0 Å². The van der Waals surface area contributed by atoms with Crippen molar-refractivity contribution >= 4 is 22.4 Å². The lowest BCUT2D eigenvalue weighted by Crippen LogP contribution is -1.95. The molecule has 0 aliphatic rings. The van der Waals surface area contributed by atoms with Gasteiger partial charge in [-0.1, -0.05) is 6.07 Å². The second-order valence-electron chi connectivity index (χ2n) is 4.37. The number of aryl methyl sites for hydroxylation is 1. The maximum absolute atomic E-state index is 5.67. The number of ether oxygens (including phenoxy) is 1. The Balaban J connectivity index is 2.16. The van der Waals surface area contributed by atoms with Gasteiger partial charge in [-0.05, 0) is 17.7 Å². The fraction of sp³-hybridized carbons (Fsp3) is 0.214. The lowest BCUT2D eigenvalue weighted by molar-refractivity contribution is 0.417. The largest absolute Gasteiger partial charge is 0.496 e. The van der Waals surface area contributed by atoms with Crippen LogP contribution in [-0.4, -0.2) is 16.7 Å². The van der Waals surface area contributed by atoms with Crippen LogP contribution >= 0.6 is 11.3 Å². The first-order valence-corrected chi connectivity index (χ1v) is 6.89. The first-order chi connectivity index (χ1) is 9.22. The summed E-state index contributed by atoms with van der Waals surface area (Å²) in [5, 5.41) is 1.99. The van der Waals surface area contributed by atoms with E-state index in [1.165, 1.54) is 0 Å². The number of nitrogens with zero attached hydrogens (tertiary/aromatic N) is 2. The highest BCUT2D eigenvalue weighted by molar-refractivity contribution is 7.13. The van der Waals surface area contributed by atoms with Crippen LogP contribution in [0, 0.1) is 0 Å². The van der Waals surface area contributed by atoms with Crippen molar-refractivity contribution in [3.63, 3.8) is 0 Å². The summed E-state index contributed by atoms with van der Waals surface area (Å²) in [5.74, 6) is 1.83. The first kappa shape index (κ1) is 12.2. The minimum absolute atomic E-state index is 0.536. The van der Waals surface area contributed by atoms with Gasteiger partial charge >= 0.3 is 0 Å².